The van der Waals surface area contributed by atoms with Crippen LogP contribution in [0.25, 0.3) is 44.5 Å². The van der Waals surface area contributed by atoms with E-state index in [1.807, 2.05) is 36.4 Å². The summed E-state index contributed by atoms with van der Waals surface area (Å²) in [4.78, 5) is 9.83. The topological polar surface area (TPSA) is 38.9 Å². The third-order valence-electron chi connectivity index (χ3n) is 5.15. The molecule has 0 N–H and O–H groups in total. The average molecular weight is 378 g/mol. The Morgan fingerprint density at radius 2 is 1.38 bits per heavy atom. The van der Waals surface area contributed by atoms with Gasteiger partial charge in [0.15, 0.2) is 0 Å². The van der Waals surface area contributed by atoms with E-state index in [0.717, 1.165) is 50.3 Å². The van der Waals surface area contributed by atoms with Crippen LogP contribution in [0.1, 0.15) is 26.6 Å². The molecule has 0 spiro atoms. The van der Waals surface area contributed by atoms with Crippen LogP contribution in [-0.2, 0) is 5.41 Å². The van der Waals surface area contributed by atoms with Crippen LogP contribution in [0.2, 0.25) is 0 Å². The van der Waals surface area contributed by atoms with Crippen LogP contribution < -0.4 is 0 Å². The molecule has 0 aliphatic carbocycles. The molecule has 0 aliphatic heterocycles. The van der Waals surface area contributed by atoms with Crippen molar-refractivity contribution in [2.75, 3.05) is 0 Å². The predicted octanol–water partition coefficient (Wildman–Crippen LogP) is 7.01. The van der Waals surface area contributed by atoms with Gasteiger partial charge >= 0.3 is 0 Å². The molecule has 0 atom stereocenters. The molecule has 0 aliphatic rings. The molecule has 29 heavy (non-hydrogen) atoms. The number of benzene rings is 3. The van der Waals surface area contributed by atoms with Gasteiger partial charge in [0.2, 0.25) is 0 Å². The molecule has 0 fully saturated rings. The minimum atomic E-state index is -0.165. The van der Waals surface area contributed by atoms with Gasteiger partial charge in [0, 0.05) is 27.3 Å². The van der Waals surface area contributed by atoms with E-state index in [1.54, 1.807) is 0 Å². The standard InChI is InChI=1S/C26H22N2O/c1-26(2,3)25-27-21(17-10-5-4-6-11-17)16-22(28-25)20-14-9-13-19-18-12-7-8-15-23(18)29-24(19)20/h4-16H,1-3H3. The molecule has 3 aromatic carbocycles. The molecule has 2 aromatic heterocycles. The zero-order valence-corrected chi connectivity index (χ0v) is 16.8. The summed E-state index contributed by atoms with van der Waals surface area (Å²) in [6, 6.07) is 26.7. The van der Waals surface area contributed by atoms with Gasteiger partial charge in [-0.1, -0.05) is 81.4 Å². The van der Waals surface area contributed by atoms with Crippen molar-refractivity contribution in [3.63, 3.8) is 0 Å². The lowest BCUT2D eigenvalue weighted by Crippen LogP contribution is -2.17. The number of hydrogen-bond acceptors (Lipinski definition) is 3. The van der Waals surface area contributed by atoms with Crippen LogP contribution in [0.3, 0.4) is 0 Å². The normalized spacial score (nSPS) is 12.0. The highest BCUT2D eigenvalue weighted by Gasteiger charge is 2.21. The zero-order chi connectivity index (χ0) is 20.0. The molecular formula is C26H22N2O. The van der Waals surface area contributed by atoms with Crippen LogP contribution in [0, 0.1) is 0 Å². The smallest absolute Gasteiger partial charge is 0.144 e. The van der Waals surface area contributed by atoms with Crippen molar-refractivity contribution < 1.29 is 4.42 Å². The average Bonchev–Trinajstić information content (AvgIpc) is 3.12. The number of rotatable bonds is 2. The van der Waals surface area contributed by atoms with E-state index in [-0.39, 0.29) is 5.41 Å². The van der Waals surface area contributed by atoms with E-state index in [9.17, 15) is 0 Å². The van der Waals surface area contributed by atoms with Crippen LogP contribution in [0.5, 0.6) is 0 Å². The van der Waals surface area contributed by atoms with Crippen molar-refractivity contribution in [3.05, 3.63) is 84.7 Å². The molecule has 0 saturated heterocycles. The lowest BCUT2D eigenvalue weighted by atomic mass is 9.94. The Kier molecular flexibility index (Phi) is 3.99. The highest BCUT2D eigenvalue weighted by molar-refractivity contribution is 6.09. The molecule has 0 amide bonds. The second-order valence-electron chi connectivity index (χ2n) is 8.36. The Hall–Kier alpha value is -3.46. The molecule has 0 radical (unpaired) electrons. The van der Waals surface area contributed by atoms with Gasteiger partial charge < -0.3 is 4.42 Å². The molecular weight excluding hydrogens is 356 g/mol. The maximum atomic E-state index is 6.25. The monoisotopic (exact) mass is 378 g/mol. The fraction of sp³-hybridized carbons (Fsp3) is 0.154. The fourth-order valence-electron chi connectivity index (χ4n) is 3.63. The summed E-state index contributed by atoms with van der Waals surface area (Å²) in [5.74, 6) is 0.821. The minimum absolute atomic E-state index is 0.165. The van der Waals surface area contributed by atoms with Crippen molar-refractivity contribution in [1.29, 1.82) is 0 Å². The largest absolute Gasteiger partial charge is 0.455 e. The Morgan fingerprint density at radius 3 is 2.17 bits per heavy atom. The molecule has 0 unspecified atom stereocenters. The number of nitrogens with zero attached hydrogens (tertiary/aromatic N) is 2. The number of para-hydroxylation sites is 2. The first-order valence-corrected chi connectivity index (χ1v) is 9.86. The maximum Gasteiger partial charge on any atom is 0.144 e. The summed E-state index contributed by atoms with van der Waals surface area (Å²) in [6.07, 6.45) is 0. The van der Waals surface area contributed by atoms with Gasteiger partial charge in [-0.3, -0.25) is 0 Å². The summed E-state index contributed by atoms with van der Waals surface area (Å²) in [7, 11) is 0. The van der Waals surface area contributed by atoms with E-state index < -0.39 is 0 Å². The SMILES string of the molecule is CC(C)(C)c1nc(-c2ccccc2)cc(-c2cccc3c2oc2ccccc23)n1. The molecule has 142 valence electrons. The maximum absolute atomic E-state index is 6.25. The van der Waals surface area contributed by atoms with Gasteiger partial charge in [-0.25, -0.2) is 9.97 Å². The molecule has 5 aromatic rings. The van der Waals surface area contributed by atoms with Crippen molar-refractivity contribution in [3.8, 4) is 22.5 Å². The number of fused-ring (bicyclic) bond motifs is 3. The first-order chi connectivity index (χ1) is 14.0. The Balaban J connectivity index is 1.80. The van der Waals surface area contributed by atoms with Crippen molar-refractivity contribution in [2.45, 2.75) is 26.2 Å². The lowest BCUT2D eigenvalue weighted by molar-refractivity contribution is 0.546. The van der Waals surface area contributed by atoms with E-state index in [0.29, 0.717) is 0 Å². The quantitative estimate of drug-likeness (QED) is 0.332. The Bertz CT molecular complexity index is 1330. The number of furan rings is 1. The predicted molar refractivity (Wildman–Crippen MR) is 119 cm³/mol. The molecule has 3 heteroatoms. The van der Waals surface area contributed by atoms with Gasteiger partial charge in [-0.05, 0) is 18.2 Å². The first kappa shape index (κ1) is 17.6. The molecule has 2 heterocycles. The lowest BCUT2D eigenvalue weighted by Gasteiger charge is -2.19. The third kappa shape index (κ3) is 3.09. The van der Waals surface area contributed by atoms with E-state index in [2.05, 4.69) is 63.2 Å². The minimum Gasteiger partial charge on any atom is -0.455 e. The van der Waals surface area contributed by atoms with Gasteiger partial charge in [-0.2, -0.15) is 0 Å². The molecule has 5 rings (SSSR count). The summed E-state index contributed by atoms with van der Waals surface area (Å²) >= 11 is 0. The summed E-state index contributed by atoms with van der Waals surface area (Å²) in [5.41, 5.74) is 5.47. The first-order valence-electron chi connectivity index (χ1n) is 9.86. The van der Waals surface area contributed by atoms with Crippen molar-refractivity contribution in [2.24, 2.45) is 0 Å². The Labute approximate surface area is 170 Å². The Morgan fingerprint density at radius 1 is 0.690 bits per heavy atom. The van der Waals surface area contributed by atoms with Crippen LogP contribution >= 0.6 is 0 Å². The second kappa shape index (κ2) is 6.56. The molecule has 0 saturated carbocycles. The van der Waals surface area contributed by atoms with Crippen LogP contribution in [-0.4, -0.2) is 9.97 Å². The van der Waals surface area contributed by atoms with Gasteiger partial charge in [0.05, 0.1) is 11.4 Å². The van der Waals surface area contributed by atoms with E-state index in [4.69, 9.17) is 14.4 Å². The van der Waals surface area contributed by atoms with Crippen LogP contribution in [0.4, 0.5) is 0 Å². The highest BCUT2D eigenvalue weighted by Crippen LogP contribution is 2.36. The summed E-state index contributed by atoms with van der Waals surface area (Å²) < 4.78 is 6.25. The molecule has 0 bridgehead atoms. The zero-order valence-electron chi connectivity index (χ0n) is 16.8. The van der Waals surface area contributed by atoms with Crippen molar-refractivity contribution in [1.82, 2.24) is 9.97 Å². The second-order valence-corrected chi connectivity index (χ2v) is 8.36. The third-order valence-corrected chi connectivity index (χ3v) is 5.15. The van der Waals surface area contributed by atoms with Gasteiger partial charge in [-0.15, -0.1) is 0 Å². The van der Waals surface area contributed by atoms with Crippen LogP contribution in [0.15, 0.2) is 83.3 Å². The van der Waals surface area contributed by atoms with Gasteiger partial charge in [0.1, 0.15) is 17.0 Å². The summed E-state index contributed by atoms with van der Waals surface area (Å²) in [6.45, 7) is 6.42. The summed E-state index contributed by atoms with van der Waals surface area (Å²) in [5, 5.41) is 2.23. The van der Waals surface area contributed by atoms with Gasteiger partial charge in [0.25, 0.3) is 0 Å². The van der Waals surface area contributed by atoms with E-state index >= 15 is 0 Å². The molecule has 3 nitrogen and oxygen atoms in total. The highest BCUT2D eigenvalue weighted by atomic mass is 16.3. The van der Waals surface area contributed by atoms with E-state index in [1.165, 1.54) is 0 Å². The van der Waals surface area contributed by atoms with Crippen molar-refractivity contribution >= 4 is 21.9 Å². The number of aromatic nitrogens is 2. The fourth-order valence-corrected chi connectivity index (χ4v) is 3.63. The number of hydrogen-bond donors (Lipinski definition) is 0.